The number of aromatic nitrogens is 2. The quantitative estimate of drug-likeness (QED) is 0.635. The highest BCUT2D eigenvalue weighted by atomic mass is 16.5. The van der Waals surface area contributed by atoms with Crippen LogP contribution in [-0.4, -0.2) is 64.8 Å². The highest BCUT2D eigenvalue weighted by Crippen LogP contribution is 2.42. The van der Waals surface area contributed by atoms with E-state index < -0.39 is 17.6 Å². The summed E-state index contributed by atoms with van der Waals surface area (Å²) in [5, 5.41) is 18.6. The Morgan fingerprint density at radius 2 is 2.12 bits per heavy atom. The summed E-state index contributed by atoms with van der Waals surface area (Å²) in [6, 6.07) is 9.48. The monoisotopic (exact) mass is 464 g/mol. The Labute approximate surface area is 198 Å². The minimum Gasteiger partial charge on any atom is -0.468 e. The second-order valence-corrected chi connectivity index (χ2v) is 8.76. The van der Waals surface area contributed by atoms with Gasteiger partial charge in [-0.25, -0.2) is 14.8 Å². The van der Waals surface area contributed by atoms with Crippen molar-refractivity contribution in [2.75, 3.05) is 37.4 Å². The smallest absolute Gasteiger partial charge is 0.407 e. The Balaban J connectivity index is 1.68. The first kappa shape index (κ1) is 23.3. The number of nitrogen functional groups attached to an aromatic ring is 1. The first-order valence-corrected chi connectivity index (χ1v) is 11.3. The van der Waals surface area contributed by atoms with Crippen LogP contribution >= 0.6 is 0 Å². The van der Waals surface area contributed by atoms with Gasteiger partial charge in [0.25, 0.3) is 0 Å². The van der Waals surface area contributed by atoms with Gasteiger partial charge in [-0.3, -0.25) is 4.79 Å². The molecule has 1 unspecified atom stereocenters. The van der Waals surface area contributed by atoms with Gasteiger partial charge in [-0.05, 0) is 30.4 Å². The van der Waals surface area contributed by atoms with Crippen LogP contribution in [0.3, 0.4) is 0 Å². The van der Waals surface area contributed by atoms with E-state index in [9.17, 15) is 14.7 Å². The number of aryl methyl sites for hydroxylation is 1. The maximum absolute atomic E-state index is 13.2. The predicted octanol–water partition coefficient (Wildman–Crippen LogP) is 2.13. The number of hydrogen-bond donors (Lipinski definition) is 2. The van der Waals surface area contributed by atoms with Crippen LogP contribution in [0, 0.1) is 11.3 Å². The summed E-state index contributed by atoms with van der Waals surface area (Å²) < 4.78 is 5.26. The standard InChI is InChI=1S/C24H28N6O4/c1-34-22(31)24(9-4-6-16-5-2-3-7-18(16)24)13-19-20(26)21(28-15-27-19)29-11-12-30(23(32)33)17(14-29)8-10-25/h2-3,5,7,15,17H,4,6,8-9,11-14,26H2,1H3,(H,32,33)/t17-,24?/m0/s1. The molecule has 1 fully saturated rings. The molecule has 3 N–H and O–H groups in total. The number of carbonyl (C=O) groups is 2. The summed E-state index contributed by atoms with van der Waals surface area (Å²) >= 11 is 0. The lowest BCUT2D eigenvalue weighted by atomic mass is 9.67. The van der Waals surface area contributed by atoms with Gasteiger partial charge in [-0.15, -0.1) is 0 Å². The fourth-order valence-corrected chi connectivity index (χ4v) is 5.26. The fourth-order valence-electron chi connectivity index (χ4n) is 5.26. The number of nitrogens with two attached hydrogens (primary N) is 1. The Morgan fingerprint density at radius 1 is 1.32 bits per heavy atom. The molecule has 10 heteroatoms. The second-order valence-electron chi connectivity index (χ2n) is 8.76. The molecule has 2 aliphatic rings. The molecular formula is C24H28N6O4. The molecule has 2 heterocycles. The van der Waals surface area contributed by atoms with Crippen LogP contribution in [0.15, 0.2) is 30.6 Å². The molecule has 1 aromatic heterocycles. The summed E-state index contributed by atoms with van der Waals surface area (Å²) in [5.74, 6) is 0.172. The van der Waals surface area contributed by atoms with Crippen molar-refractivity contribution in [2.24, 2.45) is 0 Å². The molecule has 1 aliphatic carbocycles. The Kier molecular flexibility index (Phi) is 6.54. The zero-order chi connectivity index (χ0) is 24.3. The van der Waals surface area contributed by atoms with E-state index in [-0.39, 0.29) is 25.4 Å². The average molecular weight is 465 g/mol. The molecule has 0 radical (unpaired) electrons. The van der Waals surface area contributed by atoms with Gasteiger partial charge in [-0.2, -0.15) is 5.26 Å². The highest BCUT2D eigenvalue weighted by Gasteiger charge is 2.45. The molecule has 1 saturated heterocycles. The first-order chi connectivity index (χ1) is 16.4. The number of fused-ring (bicyclic) bond motifs is 1. The van der Waals surface area contributed by atoms with E-state index in [1.165, 1.54) is 18.3 Å². The molecule has 0 bridgehead atoms. The zero-order valence-corrected chi connectivity index (χ0v) is 19.1. The third-order valence-corrected chi connectivity index (χ3v) is 6.93. The van der Waals surface area contributed by atoms with Crippen LogP contribution in [0.5, 0.6) is 0 Å². The van der Waals surface area contributed by atoms with Crippen molar-refractivity contribution in [2.45, 2.75) is 43.6 Å². The summed E-state index contributed by atoms with van der Waals surface area (Å²) in [5.41, 5.74) is 8.62. The number of rotatable bonds is 5. The topological polar surface area (TPSA) is 146 Å². The van der Waals surface area contributed by atoms with Crippen molar-refractivity contribution in [1.82, 2.24) is 14.9 Å². The van der Waals surface area contributed by atoms with Crippen molar-refractivity contribution in [3.8, 4) is 6.07 Å². The number of esters is 1. The Hall–Kier alpha value is -3.87. The minimum atomic E-state index is -1.05. The van der Waals surface area contributed by atoms with Crippen molar-refractivity contribution in [1.29, 1.82) is 5.26 Å². The largest absolute Gasteiger partial charge is 0.468 e. The van der Waals surface area contributed by atoms with Crippen LogP contribution in [0.25, 0.3) is 0 Å². The van der Waals surface area contributed by atoms with Gasteiger partial charge in [0.1, 0.15) is 6.33 Å². The number of amides is 1. The van der Waals surface area contributed by atoms with E-state index in [0.29, 0.717) is 36.7 Å². The third-order valence-electron chi connectivity index (χ3n) is 6.93. The van der Waals surface area contributed by atoms with Crippen molar-refractivity contribution >= 4 is 23.6 Å². The number of nitrogens with zero attached hydrogens (tertiary/aromatic N) is 5. The number of hydrogen-bond acceptors (Lipinski definition) is 8. The molecule has 0 saturated carbocycles. The molecule has 2 aromatic rings. The van der Waals surface area contributed by atoms with E-state index in [1.807, 2.05) is 29.2 Å². The molecule has 178 valence electrons. The first-order valence-electron chi connectivity index (χ1n) is 11.3. The summed E-state index contributed by atoms with van der Waals surface area (Å²) in [6.07, 6.45) is 3.08. The van der Waals surface area contributed by atoms with Crippen LogP contribution < -0.4 is 10.6 Å². The minimum absolute atomic E-state index is 0.0723. The number of carboxylic acid groups (broad SMARTS) is 1. The lowest BCUT2D eigenvalue weighted by Gasteiger charge is -2.40. The lowest BCUT2D eigenvalue weighted by Crippen LogP contribution is -2.55. The van der Waals surface area contributed by atoms with Gasteiger partial charge < -0.3 is 25.4 Å². The molecule has 0 spiro atoms. The van der Waals surface area contributed by atoms with Gasteiger partial charge in [0, 0.05) is 26.1 Å². The molecule has 1 amide bonds. The summed E-state index contributed by atoms with van der Waals surface area (Å²) in [6.45, 7) is 0.922. The maximum Gasteiger partial charge on any atom is 0.407 e. The second kappa shape index (κ2) is 9.55. The van der Waals surface area contributed by atoms with Crippen molar-refractivity contribution in [3.63, 3.8) is 0 Å². The third kappa shape index (κ3) is 4.09. The summed E-state index contributed by atoms with van der Waals surface area (Å²) in [4.78, 5) is 36.7. The van der Waals surface area contributed by atoms with Crippen LogP contribution in [0.2, 0.25) is 0 Å². The van der Waals surface area contributed by atoms with Gasteiger partial charge in [0.15, 0.2) is 5.82 Å². The number of carbonyl (C=O) groups excluding carboxylic acids is 1. The normalized spacial score (nSPS) is 21.9. The molecule has 10 nitrogen and oxygen atoms in total. The number of piperazine rings is 1. The lowest BCUT2D eigenvalue weighted by molar-refractivity contribution is -0.148. The number of anilines is 2. The van der Waals surface area contributed by atoms with E-state index in [2.05, 4.69) is 16.0 Å². The number of methoxy groups -OCH3 is 1. The molecule has 34 heavy (non-hydrogen) atoms. The highest BCUT2D eigenvalue weighted by molar-refractivity contribution is 5.85. The maximum atomic E-state index is 13.2. The molecule has 1 aliphatic heterocycles. The number of nitriles is 1. The SMILES string of the molecule is COC(=O)C1(Cc2ncnc(N3CCN(C(=O)O)[C@@H](CC#N)C3)c2N)CCCc2ccccc21. The fraction of sp³-hybridized carbons (Fsp3) is 0.458. The van der Waals surface area contributed by atoms with Crippen molar-refractivity contribution < 1.29 is 19.4 Å². The number of ether oxygens (including phenoxy) is 1. The van der Waals surface area contributed by atoms with Gasteiger partial charge in [0.05, 0.1) is 42.4 Å². The number of benzene rings is 1. The van der Waals surface area contributed by atoms with Gasteiger partial charge >= 0.3 is 12.1 Å². The van der Waals surface area contributed by atoms with E-state index >= 15 is 0 Å². The zero-order valence-electron chi connectivity index (χ0n) is 19.1. The van der Waals surface area contributed by atoms with E-state index in [0.717, 1.165) is 24.0 Å². The predicted molar refractivity (Wildman–Crippen MR) is 124 cm³/mol. The molecule has 1 aromatic carbocycles. The van der Waals surface area contributed by atoms with Gasteiger partial charge in [-0.1, -0.05) is 24.3 Å². The van der Waals surface area contributed by atoms with E-state index in [4.69, 9.17) is 15.7 Å². The average Bonchev–Trinajstić information content (AvgIpc) is 2.85. The Morgan fingerprint density at radius 3 is 2.85 bits per heavy atom. The van der Waals surface area contributed by atoms with Crippen LogP contribution in [0.4, 0.5) is 16.3 Å². The van der Waals surface area contributed by atoms with Crippen LogP contribution in [0.1, 0.15) is 36.1 Å². The molecular weight excluding hydrogens is 436 g/mol. The van der Waals surface area contributed by atoms with Gasteiger partial charge in [0.2, 0.25) is 0 Å². The van der Waals surface area contributed by atoms with Crippen molar-refractivity contribution in [3.05, 3.63) is 47.4 Å². The van der Waals surface area contributed by atoms with Crippen LogP contribution in [-0.2, 0) is 27.8 Å². The Bertz CT molecular complexity index is 1130. The van der Waals surface area contributed by atoms with E-state index in [1.54, 1.807) is 0 Å². The molecule has 4 rings (SSSR count). The summed E-state index contributed by atoms with van der Waals surface area (Å²) in [7, 11) is 1.40. The molecule has 2 atom stereocenters.